The van der Waals surface area contributed by atoms with Gasteiger partial charge in [-0.1, -0.05) is 26.0 Å². The first kappa shape index (κ1) is 15.0. The zero-order valence-electron chi connectivity index (χ0n) is 12.9. The quantitative estimate of drug-likeness (QED) is 0.771. The number of rotatable bonds is 4. The van der Waals surface area contributed by atoms with Crippen LogP contribution in [0.15, 0.2) is 36.4 Å². The molecule has 2 aromatic carbocycles. The fourth-order valence-electron chi connectivity index (χ4n) is 2.48. The van der Waals surface area contributed by atoms with E-state index in [1.54, 1.807) is 0 Å². The van der Waals surface area contributed by atoms with Gasteiger partial charge in [0.2, 0.25) is 0 Å². The number of hydrogen-bond donors (Lipinski definition) is 2. The molecule has 1 heterocycles. The normalized spacial score (nSPS) is 12.4. The summed E-state index contributed by atoms with van der Waals surface area (Å²) in [5, 5.41) is 28.6. The molecule has 23 heavy (non-hydrogen) atoms. The Morgan fingerprint density at radius 1 is 1.22 bits per heavy atom. The van der Waals surface area contributed by atoms with E-state index in [-0.39, 0.29) is 22.9 Å². The van der Waals surface area contributed by atoms with E-state index >= 15 is 0 Å². The molecule has 2 N–H and O–H groups in total. The summed E-state index contributed by atoms with van der Waals surface area (Å²) in [4.78, 5) is 12.7. The van der Waals surface area contributed by atoms with Crippen molar-refractivity contribution in [2.75, 3.05) is 0 Å². The van der Waals surface area contributed by atoms with Gasteiger partial charge in [0, 0.05) is 0 Å². The first-order valence-electron chi connectivity index (χ1n) is 7.44. The molecule has 1 aromatic heterocycles. The molecule has 0 radical (unpaired) electrons. The van der Waals surface area contributed by atoms with E-state index in [2.05, 4.69) is 10.2 Å². The maximum atomic E-state index is 11.4. The summed E-state index contributed by atoms with van der Waals surface area (Å²) in [6.45, 7) is 3.93. The maximum absolute atomic E-state index is 11.4. The molecule has 0 saturated heterocycles. The number of fused-ring (bicyclic) bond motifs is 1. The summed E-state index contributed by atoms with van der Waals surface area (Å²) < 4.78 is 0. The van der Waals surface area contributed by atoms with E-state index in [1.165, 1.54) is 16.9 Å². The van der Waals surface area contributed by atoms with Gasteiger partial charge in [0.1, 0.15) is 22.5 Å². The van der Waals surface area contributed by atoms with E-state index in [1.807, 2.05) is 38.1 Å². The number of phenols is 1. The molecule has 1 atom stereocenters. The molecule has 0 fully saturated rings. The summed E-state index contributed by atoms with van der Waals surface area (Å²) in [7, 11) is 0. The van der Waals surface area contributed by atoms with Crippen LogP contribution in [-0.2, 0) is 0 Å². The van der Waals surface area contributed by atoms with Crippen molar-refractivity contribution < 1.29 is 15.0 Å². The van der Waals surface area contributed by atoms with Crippen molar-refractivity contribution in [3.63, 3.8) is 0 Å². The summed E-state index contributed by atoms with van der Waals surface area (Å²) in [5.41, 5.74) is 2.32. The monoisotopic (exact) mass is 311 g/mol. The van der Waals surface area contributed by atoms with Gasteiger partial charge >= 0.3 is 5.97 Å². The fraction of sp³-hybridized carbons (Fsp3) is 0.235. The smallest absolute Gasteiger partial charge is 0.335 e. The van der Waals surface area contributed by atoms with Crippen molar-refractivity contribution in [3.8, 4) is 11.4 Å². The van der Waals surface area contributed by atoms with Crippen LogP contribution in [0, 0.1) is 0 Å². The third-order valence-electron chi connectivity index (χ3n) is 4.01. The lowest BCUT2D eigenvalue weighted by molar-refractivity contribution is 0.0696. The molecule has 3 aromatic rings. The number of aromatic hydroxyl groups is 1. The molecule has 1 unspecified atom stereocenters. The minimum atomic E-state index is -1.05. The van der Waals surface area contributed by atoms with Crippen molar-refractivity contribution in [3.05, 3.63) is 47.5 Å². The Balaban J connectivity index is 2.24. The van der Waals surface area contributed by atoms with Gasteiger partial charge in [0.05, 0.1) is 5.56 Å². The first-order valence-corrected chi connectivity index (χ1v) is 7.44. The highest BCUT2D eigenvalue weighted by molar-refractivity contribution is 5.89. The zero-order valence-corrected chi connectivity index (χ0v) is 12.9. The average molecular weight is 311 g/mol. The van der Waals surface area contributed by atoms with E-state index in [0.717, 1.165) is 6.42 Å². The second-order valence-corrected chi connectivity index (χ2v) is 5.53. The Hall–Kier alpha value is -2.89. The number of phenolic OH excluding ortho intramolecular Hbond substituents is 1. The minimum absolute atomic E-state index is 0.0182. The van der Waals surface area contributed by atoms with Gasteiger partial charge in [-0.2, -0.15) is 0 Å². The zero-order chi connectivity index (χ0) is 16.6. The highest BCUT2D eigenvalue weighted by Gasteiger charge is 2.19. The highest BCUT2D eigenvalue weighted by Crippen LogP contribution is 2.34. The predicted molar refractivity (Wildman–Crippen MR) is 86.2 cm³/mol. The van der Waals surface area contributed by atoms with Gasteiger partial charge < -0.3 is 10.2 Å². The van der Waals surface area contributed by atoms with Crippen molar-refractivity contribution >= 4 is 17.0 Å². The summed E-state index contributed by atoms with van der Waals surface area (Å²) in [6, 6.07) is 10.2. The van der Waals surface area contributed by atoms with Crippen LogP contribution in [0.25, 0.3) is 16.7 Å². The van der Waals surface area contributed by atoms with E-state index in [9.17, 15) is 15.0 Å². The van der Waals surface area contributed by atoms with Crippen molar-refractivity contribution in [1.29, 1.82) is 0 Å². The van der Waals surface area contributed by atoms with E-state index in [4.69, 9.17) is 0 Å². The van der Waals surface area contributed by atoms with Crippen LogP contribution in [0.5, 0.6) is 5.75 Å². The van der Waals surface area contributed by atoms with Crippen LogP contribution >= 0.6 is 0 Å². The second kappa shape index (κ2) is 5.72. The lowest BCUT2D eigenvalue weighted by atomic mass is 9.95. The number of hydrogen-bond acceptors (Lipinski definition) is 4. The third-order valence-corrected chi connectivity index (χ3v) is 4.01. The number of nitrogens with zero attached hydrogens (tertiary/aromatic N) is 3. The molecule has 118 valence electrons. The predicted octanol–water partition coefficient (Wildman–Crippen LogP) is 3.34. The van der Waals surface area contributed by atoms with Gasteiger partial charge in [-0.3, -0.25) is 0 Å². The van der Waals surface area contributed by atoms with Gasteiger partial charge in [-0.05, 0) is 42.2 Å². The van der Waals surface area contributed by atoms with E-state index in [0.29, 0.717) is 16.6 Å². The van der Waals surface area contributed by atoms with Crippen LogP contribution in [0.2, 0.25) is 0 Å². The molecule has 0 aliphatic carbocycles. The molecule has 0 spiro atoms. The Bertz CT molecular complexity index is 853. The number of carboxylic acids is 1. The summed E-state index contributed by atoms with van der Waals surface area (Å²) in [5.74, 6) is -1.00. The number of aromatic nitrogens is 3. The van der Waals surface area contributed by atoms with E-state index < -0.39 is 5.97 Å². The number of carbonyl (C=O) groups is 1. The highest BCUT2D eigenvalue weighted by atomic mass is 16.4. The maximum Gasteiger partial charge on any atom is 0.335 e. The Morgan fingerprint density at radius 3 is 2.35 bits per heavy atom. The van der Waals surface area contributed by atoms with Crippen molar-refractivity contribution in [2.45, 2.75) is 26.2 Å². The SMILES string of the molecule is CCC(C)c1cc(C(=O)O)cc(-n2nc3ccccc3n2)c1O. The molecule has 6 heteroatoms. The summed E-state index contributed by atoms with van der Waals surface area (Å²) in [6.07, 6.45) is 0.782. The number of carboxylic acid groups (broad SMARTS) is 1. The van der Waals surface area contributed by atoms with Crippen LogP contribution < -0.4 is 0 Å². The van der Waals surface area contributed by atoms with Crippen LogP contribution in [0.3, 0.4) is 0 Å². The third kappa shape index (κ3) is 2.63. The fourth-order valence-corrected chi connectivity index (χ4v) is 2.48. The average Bonchev–Trinajstić information content (AvgIpc) is 2.97. The molecule has 0 aliphatic rings. The van der Waals surface area contributed by atoms with Gasteiger partial charge in [-0.25, -0.2) is 4.79 Å². The molecular formula is C17H17N3O3. The lowest BCUT2D eigenvalue weighted by Gasteiger charge is -2.15. The molecular weight excluding hydrogens is 294 g/mol. The van der Waals surface area contributed by atoms with Crippen molar-refractivity contribution in [1.82, 2.24) is 15.0 Å². The topological polar surface area (TPSA) is 88.2 Å². The van der Waals surface area contributed by atoms with Gasteiger partial charge in [-0.15, -0.1) is 15.0 Å². The molecule has 0 bridgehead atoms. The molecule has 6 nitrogen and oxygen atoms in total. The number of benzene rings is 2. The molecule has 0 saturated carbocycles. The van der Waals surface area contributed by atoms with Crippen molar-refractivity contribution in [2.24, 2.45) is 0 Å². The lowest BCUT2D eigenvalue weighted by Crippen LogP contribution is -2.07. The Morgan fingerprint density at radius 2 is 1.83 bits per heavy atom. The minimum Gasteiger partial charge on any atom is -0.505 e. The molecule has 0 aliphatic heterocycles. The standard InChI is InChI=1S/C17H17N3O3/c1-3-10(2)12-8-11(17(22)23)9-15(16(12)21)20-18-13-6-4-5-7-14(13)19-20/h4-10,21H,3H2,1-2H3,(H,22,23). The first-order chi connectivity index (χ1) is 11.0. The number of aromatic carboxylic acids is 1. The van der Waals surface area contributed by atoms with Crippen LogP contribution in [0.1, 0.15) is 42.1 Å². The van der Waals surface area contributed by atoms with Gasteiger partial charge in [0.25, 0.3) is 0 Å². The van der Waals surface area contributed by atoms with Crippen LogP contribution in [0.4, 0.5) is 0 Å². The molecule has 3 rings (SSSR count). The second-order valence-electron chi connectivity index (χ2n) is 5.53. The Labute approximate surface area is 133 Å². The van der Waals surface area contributed by atoms with Gasteiger partial charge in [0.15, 0.2) is 0 Å². The Kier molecular flexibility index (Phi) is 3.73. The largest absolute Gasteiger partial charge is 0.505 e. The van der Waals surface area contributed by atoms with Crippen LogP contribution in [-0.4, -0.2) is 31.2 Å². The molecule has 0 amide bonds. The summed E-state index contributed by atoms with van der Waals surface area (Å²) >= 11 is 0.